The Bertz CT molecular complexity index is 753. The van der Waals surface area contributed by atoms with E-state index in [1.54, 1.807) is 23.9 Å². The molecule has 0 fully saturated rings. The molecule has 0 aliphatic carbocycles. The summed E-state index contributed by atoms with van der Waals surface area (Å²) in [7, 11) is -3.63. The molecule has 0 bridgehead atoms. The first-order valence-electron chi connectivity index (χ1n) is 6.80. The maximum absolute atomic E-state index is 12.2. The van der Waals surface area contributed by atoms with Gasteiger partial charge in [0, 0.05) is 11.4 Å². The molecule has 22 heavy (non-hydrogen) atoms. The van der Waals surface area contributed by atoms with E-state index in [4.69, 9.17) is 5.26 Å². The zero-order chi connectivity index (χ0) is 15.8. The third-order valence-electron chi connectivity index (χ3n) is 2.92. The summed E-state index contributed by atoms with van der Waals surface area (Å²) >= 11 is 1.69. The van der Waals surface area contributed by atoms with Crippen molar-refractivity contribution in [2.75, 3.05) is 12.3 Å². The van der Waals surface area contributed by atoms with Gasteiger partial charge in [0.2, 0.25) is 10.0 Å². The molecule has 2 aromatic carbocycles. The van der Waals surface area contributed by atoms with E-state index in [9.17, 15) is 8.42 Å². The molecular formula is C16H16N2O2S2. The number of nitrogens with one attached hydrogen (secondary N) is 1. The average molecular weight is 332 g/mol. The second-order valence-corrected chi connectivity index (χ2v) is 7.42. The third kappa shape index (κ3) is 4.60. The van der Waals surface area contributed by atoms with Gasteiger partial charge in [-0.2, -0.15) is 5.26 Å². The average Bonchev–Trinajstić information content (AvgIpc) is 2.55. The minimum Gasteiger partial charge on any atom is -0.211 e. The van der Waals surface area contributed by atoms with Crippen molar-refractivity contribution in [3.05, 3.63) is 60.2 Å². The van der Waals surface area contributed by atoms with Crippen molar-refractivity contribution in [2.24, 2.45) is 0 Å². The van der Waals surface area contributed by atoms with Gasteiger partial charge in [0.05, 0.1) is 10.5 Å². The summed E-state index contributed by atoms with van der Waals surface area (Å²) in [5.74, 6) is 0.826. The molecule has 4 nitrogen and oxygen atoms in total. The Morgan fingerprint density at radius 1 is 1.05 bits per heavy atom. The molecule has 0 saturated carbocycles. The number of benzene rings is 2. The highest BCUT2D eigenvalue weighted by Crippen LogP contribution is 2.18. The highest BCUT2D eigenvalue weighted by atomic mass is 32.2. The number of hydrogen-bond acceptors (Lipinski definition) is 4. The quantitative estimate of drug-likeness (QED) is 0.625. The van der Waals surface area contributed by atoms with Crippen LogP contribution in [0.1, 0.15) is 12.0 Å². The minimum absolute atomic E-state index is 0.0354. The van der Waals surface area contributed by atoms with E-state index < -0.39 is 10.0 Å². The van der Waals surface area contributed by atoms with Gasteiger partial charge in [-0.05, 0) is 36.4 Å². The molecule has 0 spiro atoms. The summed E-state index contributed by atoms with van der Waals surface area (Å²) in [4.78, 5) is 1.20. The van der Waals surface area contributed by atoms with Crippen LogP contribution in [0.25, 0.3) is 0 Å². The van der Waals surface area contributed by atoms with Gasteiger partial charge in [0.1, 0.15) is 6.07 Å². The second kappa shape index (κ2) is 7.99. The van der Waals surface area contributed by atoms with Gasteiger partial charge in [-0.25, -0.2) is 13.1 Å². The van der Waals surface area contributed by atoms with Crippen LogP contribution < -0.4 is 4.72 Å². The molecule has 0 unspecified atom stereocenters. The van der Waals surface area contributed by atoms with Crippen LogP contribution in [-0.4, -0.2) is 20.7 Å². The normalized spacial score (nSPS) is 11.0. The van der Waals surface area contributed by atoms with E-state index in [2.05, 4.69) is 4.72 Å². The molecule has 0 heterocycles. The lowest BCUT2D eigenvalue weighted by molar-refractivity contribution is 0.581. The van der Waals surface area contributed by atoms with Gasteiger partial charge in [-0.3, -0.25) is 0 Å². The summed E-state index contributed by atoms with van der Waals surface area (Å²) in [6.07, 6.45) is 0.716. The predicted molar refractivity (Wildman–Crippen MR) is 88.1 cm³/mol. The van der Waals surface area contributed by atoms with Gasteiger partial charge in [-0.1, -0.05) is 30.3 Å². The van der Waals surface area contributed by atoms with Crippen molar-refractivity contribution in [2.45, 2.75) is 16.2 Å². The molecule has 0 atom stereocenters. The number of nitrogens with zero attached hydrogens (tertiary/aromatic N) is 1. The van der Waals surface area contributed by atoms with E-state index in [0.29, 0.717) is 13.0 Å². The summed E-state index contributed by atoms with van der Waals surface area (Å²) in [6.45, 7) is 0.349. The predicted octanol–water partition coefficient (Wildman–Crippen LogP) is 3.02. The van der Waals surface area contributed by atoms with Crippen LogP contribution in [0.2, 0.25) is 0 Å². The fourth-order valence-electron chi connectivity index (χ4n) is 1.86. The summed E-state index contributed by atoms with van der Waals surface area (Å²) in [6, 6.07) is 18.1. The largest absolute Gasteiger partial charge is 0.241 e. The number of sulfonamides is 1. The number of hydrogen-bond donors (Lipinski definition) is 1. The Morgan fingerprint density at radius 2 is 1.73 bits per heavy atom. The molecule has 0 aromatic heterocycles. The van der Waals surface area contributed by atoms with Crippen LogP contribution in [0.15, 0.2) is 64.4 Å². The molecule has 0 amide bonds. The number of nitriles is 1. The molecule has 6 heteroatoms. The third-order valence-corrected chi connectivity index (χ3v) is 5.54. The minimum atomic E-state index is -3.63. The molecule has 114 valence electrons. The lowest BCUT2D eigenvalue weighted by Gasteiger charge is -2.08. The Balaban J connectivity index is 1.85. The maximum atomic E-state index is 12.2. The van der Waals surface area contributed by atoms with Crippen LogP contribution in [0.4, 0.5) is 0 Å². The molecule has 0 aliphatic heterocycles. The van der Waals surface area contributed by atoms with E-state index in [1.807, 2.05) is 36.4 Å². The Kier molecular flexibility index (Phi) is 6.01. The van der Waals surface area contributed by atoms with Gasteiger partial charge in [-0.15, -0.1) is 11.8 Å². The molecule has 0 aliphatic rings. The lowest BCUT2D eigenvalue weighted by atomic mass is 10.2. The second-order valence-electron chi connectivity index (χ2n) is 4.52. The van der Waals surface area contributed by atoms with Crippen LogP contribution in [0.3, 0.4) is 0 Å². The molecule has 2 aromatic rings. The zero-order valence-corrected chi connectivity index (χ0v) is 13.5. The molecular weight excluding hydrogens is 316 g/mol. The molecule has 0 radical (unpaired) electrons. The Labute approximate surface area is 135 Å². The van der Waals surface area contributed by atoms with Gasteiger partial charge < -0.3 is 0 Å². The van der Waals surface area contributed by atoms with Gasteiger partial charge >= 0.3 is 0 Å². The smallest absolute Gasteiger partial charge is 0.211 e. The standard InChI is InChI=1S/C16H16N2O2S2/c17-13-14-7-4-5-10-16(14)22(19,20)18-11-6-12-21-15-8-2-1-3-9-15/h1-5,7-10,18H,6,11-12H2. The topological polar surface area (TPSA) is 70.0 Å². The van der Waals surface area contributed by atoms with E-state index in [-0.39, 0.29) is 10.5 Å². The summed E-state index contributed by atoms with van der Waals surface area (Å²) < 4.78 is 26.9. The molecule has 2 rings (SSSR count). The fraction of sp³-hybridized carbons (Fsp3) is 0.188. The van der Waals surface area contributed by atoms with Crippen molar-refractivity contribution in [1.29, 1.82) is 5.26 Å². The van der Waals surface area contributed by atoms with Crippen molar-refractivity contribution < 1.29 is 8.42 Å². The molecule has 0 saturated heterocycles. The first kappa shape index (κ1) is 16.6. The van der Waals surface area contributed by atoms with Gasteiger partial charge in [0.25, 0.3) is 0 Å². The maximum Gasteiger partial charge on any atom is 0.241 e. The Morgan fingerprint density at radius 3 is 2.45 bits per heavy atom. The summed E-state index contributed by atoms with van der Waals surface area (Å²) in [5.41, 5.74) is 0.161. The van der Waals surface area contributed by atoms with Crippen LogP contribution in [-0.2, 0) is 10.0 Å². The first-order valence-corrected chi connectivity index (χ1v) is 9.27. The van der Waals surface area contributed by atoms with Crippen LogP contribution in [0, 0.1) is 11.3 Å². The van der Waals surface area contributed by atoms with Crippen molar-refractivity contribution in [3.63, 3.8) is 0 Å². The fourth-order valence-corrected chi connectivity index (χ4v) is 3.96. The van der Waals surface area contributed by atoms with Crippen LogP contribution in [0.5, 0.6) is 0 Å². The number of rotatable bonds is 7. The van der Waals surface area contributed by atoms with Crippen molar-refractivity contribution in [3.8, 4) is 6.07 Å². The van der Waals surface area contributed by atoms with E-state index >= 15 is 0 Å². The lowest BCUT2D eigenvalue weighted by Crippen LogP contribution is -2.25. The highest BCUT2D eigenvalue weighted by molar-refractivity contribution is 7.99. The van der Waals surface area contributed by atoms with E-state index in [0.717, 1.165) is 5.75 Å². The number of thioether (sulfide) groups is 1. The van der Waals surface area contributed by atoms with Gasteiger partial charge in [0.15, 0.2) is 0 Å². The van der Waals surface area contributed by atoms with Crippen molar-refractivity contribution in [1.82, 2.24) is 4.72 Å². The first-order chi connectivity index (χ1) is 10.6. The summed E-state index contributed by atoms with van der Waals surface area (Å²) in [5, 5.41) is 8.97. The van der Waals surface area contributed by atoms with Crippen LogP contribution >= 0.6 is 11.8 Å². The zero-order valence-electron chi connectivity index (χ0n) is 11.9. The SMILES string of the molecule is N#Cc1ccccc1S(=O)(=O)NCCCSc1ccccc1. The monoisotopic (exact) mass is 332 g/mol. The highest BCUT2D eigenvalue weighted by Gasteiger charge is 2.17. The van der Waals surface area contributed by atoms with Crippen molar-refractivity contribution >= 4 is 21.8 Å². The molecule has 1 N–H and O–H groups in total. The van der Waals surface area contributed by atoms with E-state index in [1.165, 1.54) is 17.0 Å². The Hall–Kier alpha value is -1.81.